The predicted octanol–water partition coefficient (Wildman–Crippen LogP) is 5.38. The second-order valence-corrected chi connectivity index (χ2v) is 9.56. The first-order valence-corrected chi connectivity index (χ1v) is 12.4. The number of anilines is 3. The Labute approximate surface area is 233 Å². The fraction of sp³-hybridized carbons (Fsp3) is 0.250. The van der Waals surface area contributed by atoms with Crippen molar-refractivity contribution in [1.82, 2.24) is 25.1 Å². The van der Waals surface area contributed by atoms with E-state index in [2.05, 4.69) is 30.8 Å². The first-order chi connectivity index (χ1) is 19.4. The number of aryl methyl sites for hydroxylation is 3. The molecule has 0 aliphatic carbocycles. The molecule has 2 aromatic carbocycles. The van der Waals surface area contributed by atoms with Gasteiger partial charge in [-0.3, -0.25) is 9.89 Å². The van der Waals surface area contributed by atoms with Crippen LogP contribution >= 0.6 is 0 Å². The number of amides is 1. The van der Waals surface area contributed by atoms with Gasteiger partial charge in [0.25, 0.3) is 5.91 Å². The van der Waals surface area contributed by atoms with Gasteiger partial charge in [0.1, 0.15) is 35.0 Å². The highest BCUT2D eigenvalue weighted by Gasteiger charge is 2.34. The maximum Gasteiger partial charge on any atom is 0.416 e. The minimum Gasteiger partial charge on any atom is -0.325 e. The number of nitrogens with zero attached hydrogens (tertiary/aromatic N) is 5. The number of halogens is 4. The van der Waals surface area contributed by atoms with Gasteiger partial charge in [0.2, 0.25) is 0 Å². The fourth-order valence-electron chi connectivity index (χ4n) is 4.15. The lowest BCUT2D eigenvalue weighted by Crippen LogP contribution is -2.19. The van der Waals surface area contributed by atoms with E-state index in [-0.39, 0.29) is 35.5 Å². The standard InChI is InChI=1S/C28H26F4N8O/c1-16-34-22(14-33)13-25(35-16)37-26-12-21(38-39-26)7-6-17-10-20(8-9-24(17)29)36-27(41)18-4-5-19(15-40(2)3)23(11-18)28(30,31)32/h4-5,8-13H,6-7,15H2,1-3H3,(H,36,41)(H2,34,35,37,38,39). The molecule has 13 heteroatoms. The summed E-state index contributed by atoms with van der Waals surface area (Å²) in [6.07, 6.45) is -4.04. The van der Waals surface area contributed by atoms with E-state index in [0.717, 1.165) is 6.07 Å². The van der Waals surface area contributed by atoms with Crippen molar-refractivity contribution in [3.63, 3.8) is 0 Å². The quantitative estimate of drug-likeness (QED) is 0.233. The van der Waals surface area contributed by atoms with Crippen LogP contribution in [0.25, 0.3) is 0 Å². The lowest BCUT2D eigenvalue weighted by atomic mass is 10.0. The molecule has 2 heterocycles. The van der Waals surface area contributed by atoms with Gasteiger partial charge in [-0.05, 0) is 75.3 Å². The van der Waals surface area contributed by atoms with E-state index in [0.29, 0.717) is 35.1 Å². The van der Waals surface area contributed by atoms with Gasteiger partial charge in [-0.2, -0.15) is 23.5 Å². The fourth-order valence-corrected chi connectivity index (χ4v) is 4.15. The molecular formula is C28H26F4N8O. The third-order valence-electron chi connectivity index (χ3n) is 5.96. The summed E-state index contributed by atoms with van der Waals surface area (Å²) in [7, 11) is 3.31. The number of hydrogen-bond acceptors (Lipinski definition) is 7. The number of H-pyrrole nitrogens is 1. The topological polar surface area (TPSA) is 123 Å². The van der Waals surface area contributed by atoms with Gasteiger partial charge in [0, 0.05) is 29.9 Å². The summed E-state index contributed by atoms with van der Waals surface area (Å²) in [6, 6.07) is 12.6. The number of nitrogens with one attached hydrogen (secondary N) is 3. The summed E-state index contributed by atoms with van der Waals surface area (Å²) in [6.45, 7) is 1.73. The van der Waals surface area contributed by atoms with Crippen LogP contribution in [-0.2, 0) is 25.6 Å². The maximum atomic E-state index is 14.5. The molecule has 0 aliphatic heterocycles. The normalized spacial score (nSPS) is 11.4. The van der Waals surface area contributed by atoms with Crippen LogP contribution in [0.1, 0.15) is 44.3 Å². The van der Waals surface area contributed by atoms with Crippen molar-refractivity contribution < 1.29 is 22.4 Å². The highest BCUT2D eigenvalue weighted by Crippen LogP contribution is 2.33. The summed E-state index contributed by atoms with van der Waals surface area (Å²) in [5, 5.41) is 21.7. The molecule has 4 rings (SSSR count). The average molecular weight is 567 g/mol. The molecule has 0 saturated carbocycles. The summed E-state index contributed by atoms with van der Waals surface area (Å²) in [4.78, 5) is 22.6. The molecule has 0 saturated heterocycles. The van der Waals surface area contributed by atoms with E-state index >= 15 is 0 Å². The zero-order valence-corrected chi connectivity index (χ0v) is 22.4. The molecule has 0 unspecified atom stereocenters. The molecule has 41 heavy (non-hydrogen) atoms. The van der Waals surface area contributed by atoms with E-state index in [1.807, 2.05) is 6.07 Å². The molecule has 0 bridgehead atoms. The summed E-state index contributed by atoms with van der Waals surface area (Å²) in [5.74, 6) is 0.111. The smallest absolute Gasteiger partial charge is 0.325 e. The number of benzene rings is 2. The Bertz CT molecular complexity index is 1610. The third-order valence-corrected chi connectivity index (χ3v) is 5.96. The summed E-state index contributed by atoms with van der Waals surface area (Å²) in [5.41, 5.74) is 0.375. The van der Waals surface area contributed by atoms with Crippen LogP contribution in [0.5, 0.6) is 0 Å². The van der Waals surface area contributed by atoms with Crippen LogP contribution in [0.15, 0.2) is 48.5 Å². The van der Waals surface area contributed by atoms with Crippen LogP contribution in [0.3, 0.4) is 0 Å². The molecule has 0 fully saturated rings. The summed E-state index contributed by atoms with van der Waals surface area (Å²) < 4.78 is 55.4. The maximum absolute atomic E-state index is 14.5. The van der Waals surface area contributed by atoms with E-state index < -0.39 is 23.5 Å². The number of carbonyl (C=O) groups is 1. The Morgan fingerprint density at radius 2 is 1.83 bits per heavy atom. The predicted molar refractivity (Wildman–Crippen MR) is 144 cm³/mol. The number of aromatic amines is 1. The van der Waals surface area contributed by atoms with E-state index in [1.54, 1.807) is 32.0 Å². The van der Waals surface area contributed by atoms with Gasteiger partial charge in [-0.25, -0.2) is 14.4 Å². The molecule has 0 aliphatic rings. The molecule has 3 N–H and O–H groups in total. The van der Waals surface area contributed by atoms with Gasteiger partial charge in [-0.1, -0.05) is 6.07 Å². The van der Waals surface area contributed by atoms with Crippen LogP contribution in [0.4, 0.5) is 34.9 Å². The highest BCUT2D eigenvalue weighted by molar-refractivity contribution is 6.04. The van der Waals surface area contributed by atoms with E-state index in [1.165, 1.54) is 36.4 Å². The minimum atomic E-state index is -4.63. The van der Waals surface area contributed by atoms with Crippen LogP contribution in [0, 0.1) is 24.1 Å². The lowest BCUT2D eigenvalue weighted by molar-refractivity contribution is -0.138. The van der Waals surface area contributed by atoms with Gasteiger partial charge in [0.05, 0.1) is 11.3 Å². The first kappa shape index (κ1) is 29.2. The van der Waals surface area contributed by atoms with Crippen molar-refractivity contribution in [1.29, 1.82) is 5.26 Å². The number of aromatic nitrogens is 4. The van der Waals surface area contributed by atoms with Crippen LogP contribution < -0.4 is 10.6 Å². The van der Waals surface area contributed by atoms with Crippen molar-refractivity contribution >= 4 is 23.2 Å². The number of hydrogen-bond donors (Lipinski definition) is 3. The Kier molecular flexibility index (Phi) is 8.63. The molecule has 0 radical (unpaired) electrons. The first-order valence-electron chi connectivity index (χ1n) is 12.4. The third kappa shape index (κ3) is 7.64. The number of alkyl halides is 3. The highest BCUT2D eigenvalue weighted by atomic mass is 19.4. The molecule has 1 amide bonds. The zero-order chi connectivity index (χ0) is 29.7. The molecule has 0 spiro atoms. The van der Waals surface area contributed by atoms with Gasteiger partial charge >= 0.3 is 6.18 Å². The second kappa shape index (κ2) is 12.1. The molecule has 212 valence electrons. The molecule has 9 nitrogen and oxygen atoms in total. The monoisotopic (exact) mass is 566 g/mol. The molecule has 2 aromatic heterocycles. The molecular weight excluding hydrogens is 540 g/mol. The van der Waals surface area contributed by atoms with Crippen molar-refractivity contribution in [2.45, 2.75) is 32.5 Å². The van der Waals surface area contributed by atoms with Crippen LogP contribution in [-0.4, -0.2) is 45.1 Å². The zero-order valence-electron chi connectivity index (χ0n) is 22.4. The SMILES string of the molecule is Cc1nc(C#N)cc(Nc2cc(CCc3cc(NC(=O)c4ccc(CN(C)C)c(C(F)(F)F)c4)ccc3F)n[nH]2)n1. The minimum absolute atomic E-state index is 0.0545. The Morgan fingerprint density at radius 1 is 1.05 bits per heavy atom. The van der Waals surface area contributed by atoms with Gasteiger partial charge < -0.3 is 15.5 Å². The lowest BCUT2D eigenvalue weighted by Gasteiger charge is -2.17. The molecule has 0 atom stereocenters. The average Bonchev–Trinajstić information content (AvgIpc) is 3.34. The Morgan fingerprint density at radius 3 is 2.54 bits per heavy atom. The Balaban J connectivity index is 1.43. The number of rotatable bonds is 9. The Hall–Kier alpha value is -4.83. The van der Waals surface area contributed by atoms with E-state index in [4.69, 9.17) is 5.26 Å². The molecule has 4 aromatic rings. The van der Waals surface area contributed by atoms with E-state index in [9.17, 15) is 22.4 Å². The van der Waals surface area contributed by atoms with Crippen LogP contribution in [0.2, 0.25) is 0 Å². The second-order valence-electron chi connectivity index (χ2n) is 9.56. The largest absolute Gasteiger partial charge is 0.416 e. The number of carbonyl (C=O) groups excluding carboxylic acids is 1. The summed E-state index contributed by atoms with van der Waals surface area (Å²) >= 11 is 0. The van der Waals surface area contributed by atoms with Gasteiger partial charge in [0.15, 0.2) is 0 Å². The number of nitriles is 1. The van der Waals surface area contributed by atoms with Crippen molar-refractivity contribution in [3.8, 4) is 6.07 Å². The van der Waals surface area contributed by atoms with Crippen molar-refractivity contribution in [2.24, 2.45) is 0 Å². The van der Waals surface area contributed by atoms with Crippen molar-refractivity contribution in [2.75, 3.05) is 24.7 Å². The van der Waals surface area contributed by atoms with Gasteiger partial charge in [-0.15, -0.1) is 0 Å². The van der Waals surface area contributed by atoms with Crippen molar-refractivity contribution in [3.05, 3.63) is 93.8 Å².